The molecular weight excluding hydrogens is 384 g/mol. The van der Waals surface area contributed by atoms with Crippen molar-refractivity contribution in [3.05, 3.63) is 52.7 Å². The maximum absolute atomic E-state index is 13.8. The molecule has 2 aromatic rings. The zero-order valence-corrected chi connectivity index (χ0v) is 15.4. The number of benzene rings is 1. The molecule has 9 heteroatoms. The summed E-state index contributed by atoms with van der Waals surface area (Å²) in [6.45, 7) is 4.43. The third-order valence-electron chi connectivity index (χ3n) is 4.19. The lowest BCUT2D eigenvalue weighted by molar-refractivity contribution is 0.317. The molecule has 1 unspecified atom stereocenters. The van der Waals surface area contributed by atoms with Crippen molar-refractivity contribution in [2.75, 3.05) is 13.6 Å². The van der Waals surface area contributed by atoms with Gasteiger partial charge in [0.1, 0.15) is 21.7 Å². The molecule has 1 atom stereocenters. The van der Waals surface area contributed by atoms with Gasteiger partial charge in [0.15, 0.2) is 5.03 Å². The van der Waals surface area contributed by atoms with Gasteiger partial charge in [-0.15, -0.1) is 0 Å². The Morgan fingerprint density at radius 3 is 2.50 bits per heavy atom. The van der Waals surface area contributed by atoms with E-state index in [1.54, 1.807) is 6.07 Å². The van der Waals surface area contributed by atoms with Crippen molar-refractivity contribution in [1.82, 2.24) is 9.88 Å². The number of aromatic nitrogens is 1. The first-order chi connectivity index (χ1) is 12.3. The molecule has 1 saturated heterocycles. The van der Waals surface area contributed by atoms with E-state index in [-0.39, 0.29) is 16.2 Å². The van der Waals surface area contributed by atoms with Gasteiger partial charge in [-0.25, -0.2) is 27.4 Å². The molecule has 0 aliphatic carbocycles. The first kappa shape index (κ1) is 20.2. The van der Waals surface area contributed by atoms with Crippen molar-refractivity contribution in [3.8, 4) is 6.57 Å². The van der Waals surface area contributed by atoms with Crippen LogP contribution in [-0.4, -0.2) is 31.9 Å². The Kier molecular flexibility index (Phi) is 6.29. The van der Waals surface area contributed by atoms with Gasteiger partial charge in [-0.1, -0.05) is 17.7 Å². The van der Waals surface area contributed by atoms with Crippen LogP contribution in [0.25, 0.3) is 0 Å². The third-order valence-corrected chi connectivity index (χ3v) is 6.18. The lowest BCUT2D eigenvalue weighted by Gasteiger charge is -2.20. The Morgan fingerprint density at radius 2 is 1.96 bits per heavy atom. The second-order valence-electron chi connectivity index (χ2n) is 5.75. The minimum absolute atomic E-state index is 0.0809. The van der Waals surface area contributed by atoms with Crippen molar-refractivity contribution in [3.63, 3.8) is 0 Å². The highest BCUT2D eigenvalue weighted by Crippen LogP contribution is 2.35. The molecule has 0 bridgehead atoms. The highest BCUT2D eigenvalue weighted by atomic mass is 35.5. The van der Waals surface area contributed by atoms with Crippen LogP contribution in [0.5, 0.6) is 0 Å². The van der Waals surface area contributed by atoms with Gasteiger partial charge in [0.05, 0.1) is 0 Å². The lowest BCUT2D eigenvalue weighted by Crippen LogP contribution is -2.18. The first-order valence-corrected chi connectivity index (χ1v) is 9.49. The predicted octanol–water partition coefficient (Wildman–Crippen LogP) is 3.75. The van der Waals surface area contributed by atoms with E-state index in [0.29, 0.717) is 6.07 Å². The minimum atomic E-state index is -4.21. The Labute approximate surface area is 155 Å². The molecule has 0 N–H and O–H groups in total. The SMILES string of the molecule is C#N.CN1CCCC1c1ccc(S(=O)(=O)c2ccc(F)cc2F)nc1Cl. The summed E-state index contributed by atoms with van der Waals surface area (Å²) in [5, 5.41) is 6.22. The summed E-state index contributed by atoms with van der Waals surface area (Å²) in [6, 6.07) is 5.30. The Bertz CT molecular complexity index is 935. The highest BCUT2D eigenvalue weighted by molar-refractivity contribution is 7.91. The number of rotatable bonds is 3. The van der Waals surface area contributed by atoms with Crippen molar-refractivity contribution in [2.45, 2.75) is 28.8 Å². The smallest absolute Gasteiger partial charge is 0.226 e. The molecule has 26 heavy (non-hydrogen) atoms. The van der Waals surface area contributed by atoms with E-state index >= 15 is 0 Å². The molecule has 0 saturated carbocycles. The van der Waals surface area contributed by atoms with E-state index in [2.05, 4.69) is 16.5 Å². The van der Waals surface area contributed by atoms with Crippen molar-refractivity contribution >= 4 is 21.4 Å². The van der Waals surface area contributed by atoms with Crippen LogP contribution in [0.15, 0.2) is 40.3 Å². The van der Waals surface area contributed by atoms with Crippen LogP contribution in [0.4, 0.5) is 8.78 Å². The summed E-state index contributed by atoms with van der Waals surface area (Å²) in [5.74, 6) is -2.01. The van der Waals surface area contributed by atoms with Crippen molar-refractivity contribution in [1.29, 1.82) is 5.26 Å². The summed E-state index contributed by atoms with van der Waals surface area (Å²) in [4.78, 5) is 5.45. The maximum Gasteiger partial charge on any atom is 0.226 e. The van der Waals surface area contributed by atoms with Crippen LogP contribution in [0.2, 0.25) is 5.15 Å². The van der Waals surface area contributed by atoms with Gasteiger partial charge >= 0.3 is 0 Å². The monoisotopic (exact) mass is 399 g/mol. The summed E-state index contributed by atoms with van der Waals surface area (Å²) in [7, 11) is -2.25. The number of sulfone groups is 1. The topological polar surface area (TPSA) is 74.1 Å². The van der Waals surface area contributed by atoms with Crippen LogP contribution in [0.1, 0.15) is 24.4 Å². The zero-order chi connectivity index (χ0) is 19.5. The average Bonchev–Trinajstić information content (AvgIpc) is 3.02. The van der Waals surface area contributed by atoms with Crippen LogP contribution >= 0.6 is 11.6 Å². The van der Waals surface area contributed by atoms with E-state index in [9.17, 15) is 17.2 Å². The van der Waals surface area contributed by atoms with Gasteiger partial charge in [-0.2, -0.15) is 0 Å². The predicted molar refractivity (Wildman–Crippen MR) is 92.3 cm³/mol. The van der Waals surface area contributed by atoms with Crippen molar-refractivity contribution in [2.24, 2.45) is 0 Å². The normalized spacial score (nSPS) is 17.5. The molecule has 1 aromatic heterocycles. The highest BCUT2D eigenvalue weighted by Gasteiger charge is 2.28. The van der Waals surface area contributed by atoms with E-state index in [1.165, 1.54) is 6.07 Å². The standard InChI is InChI=1S/C16H15ClF2N2O2S.CHN/c1-21-8-2-3-13(21)11-5-7-15(20-16(11)17)24(22,23)14-6-4-10(18)9-12(14)19;1-2/h4-7,9,13H,2-3,8H2,1H3;1H. The van der Waals surface area contributed by atoms with Crippen LogP contribution in [0.3, 0.4) is 0 Å². The Hall–Kier alpha value is -2.08. The van der Waals surface area contributed by atoms with E-state index in [1.807, 2.05) is 7.05 Å². The number of halogens is 3. The van der Waals surface area contributed by atoms with Gasteiger partial charge in [0, 0.05) is 24.2 Å². The van der Waals surface area contributed by atoms with Gasteiger partial charge in [0.2, 0.25) is 9.84 Å². The molecule has 1 aliphatic rings. The fourth-order valence-corrected chi connectivity index (χ4v) is 4.51. The second kappa shape index (κ2) is 8.08. The quantitative estimate of drug-likeness (QED) is 0.580. The van der Waals surface area contributed by atoms with E-state index in [0.717, 1.165) is 37.1 Å². The molecule has 1 aromatic carbocycles. The van der Waals surface area contributed by atoms with E-state index in [4.69, 9.17) is 16.9 Å². The van der Waals surface area contributed by atoms with Gasteiger partial charge < -0.3 is 0 Å². The van der Waals surface area contributed by atoms with E-state index < -0.39 is 26.4 Å². The number of nitriles is 1. The molecule has 1 fully saturated rings. The molecular formula is C17H16ClF2N3O2S. The average molecular weight is 400 g/mol. The van der Waals surface area contributed by atoms with Gasteiger partial charge in [-0.05, 0) is 44.6 Å². The molecule has 5 nitrogen and oxygen atoms in total. The van der Waals surface area contributed by atoms with Gasteiger partial charge in [-0.3, -0.25) is 4.90 Å². The third kappa shape index (κ3) is 3.85. The summed E-state index contributed by atoms with van der Waals surface area (Å²) in [5.41, 5.74) is 0.746. The molecule has 0 amide bonds. The van der Waals surface area contributed by atoms with Crippen LogP contribution < -0.4 is 0 Å². The fraction of sp³-hybridized carbons (Fsp3) is 0.294. The van der Waals surface area contributed by atoms with Crippen molar-refractivity contribution < 1.29 is 17.2 Å². The number of nitrogens with zero attached hydrogens (tertiary/aromatic N) is 3. The molecule has 2 heterocycles. The van der Waals surface area contributed by atoms with Crippen LogP contribution in [-0.2, 0) is 9.84 Å². The van der Waals surface area contributed by atoms with Crippen LogP contribution in [0, 0.1) is 23.5 Å². The lowest BCUT2D eigenvalue weighted by atomic mass is 10.1. The molecule has 138 valence electrons. The Morgan fingerprint density at radius 1 is 1.27 bits per heavy atom. The summed E-state index contributed by atoms with van der Waals surface area (Å²) >= 11 is 6.18. The first-order valence-electron chi connectivity index (χ1n) is 7.63. The second-order valence-corrected chi connectivity index (χ2v) is 7.97. The molecule has 0 radical (unpaired) electrons. The summed E-state index contributed by atoms with van der Waals surface area (Å²) < 4.78 is 51.9. The number of pyridine rings is 1. The van der Waals surface area contributed by atoms with Gasteiger partial charge in [0.25, 0.3) is 0 Å². The summed E-state index contributed by atoms with van der Waals surface area (Å²) in [6.07, 6.45) is 1.94. The number of likely N-dealkylation sites (tertiary alicyclic amines) is 1. The largest absolute Gasteiger partial charge is 0.299 e. The molecule has 1 aliphatic heterocycles. The fourth-order valence-electron chi connectivity index (χ4n) is 2.94. The molecule has 0 spiro atoms. The zero-order valence-electron chi connectivity index (χ0n) is 13.9. The number of hydrogen-bond acceptors (Lipinski definition) is 5. The molecule has 3 rings (SSSR count). The maximum atomic E-state index is 13.8. The number of hydrogen-bond donors (Lipinski definition) is 0. The minimum Gasteiger partial charge on any atom is -0.299 e. The Balaban J connectivity index is 0.00000117.